The molecule has 0 fully saturated rings. The van der Waals surface area contributed by atoms with Gasteiger partial charge in [-0.1, -0.05) is 61.0 Å². The van der Waals surface area contributed by atoms with Crippen molar-refractivity contribution in [2.45, 2.75) is 43.0 Å². The molecule has 3 rings (SSSR count). The van der Waals surface area contributed by atoms with Gasteiger partial charge in [0.2, 0.25) is 21.8 Å². The van der Waals surface area contributed by atoms with Crippen LogP contribution in [0.3, 0.4) is 0 Å². The van der Waals surface area contributed by atoms with Crippen LogP contribution in [0, 0.1) is 0 Å². The number of nitrogens with one attached hydrogen (secondary N) is 2. The Hall–Kier alpha value is -3.43. The summed E-state index contributed by atoms with van der Waals surface area (Å²) in [4.78, 5) is 26.2. The fourth-order valence-corrected chi connectivity index (χ4v) is 5.39. The van der Waals surface area contributed by atoms with E-state index in [9.17, 15) is 18.0 Å². The molecule has 36 heavy (non-hydrogen) atoms. The normalized spacial score (nSPS) is 12.3. The molecule has 0 unspecified atom stereocenters. The molecule has 1 atom stereocenters. The molecule has 3 aromatic carbocycles. The molecular formula is C27H34N4O4S. The van der Waals surface area contributed by atoms with E-state index < -0.39 is 22.0 Å². The number of benzene rings is 3. The van der Waals surface area contributed by atoms with E-state index >= 15 is 0 Å². The van der Waals surface area contributed by atoms with E-state index in [1.54, 1.807) is 12.1 Å². The lowest BCUT2D eigenvalue weighted by Gasteiger charge is -2.17. The van der Waals surface area contributed by atoms with Crippen molar-refractivity contribution in [2.24, 2.45) is 5.73 Å². The fourth-order valence-electron chi connectivity index (χ4n) is 4.10. The monoisotopic (exact) mass is 510 g/mol. The first-order valence-electron chi connectivity index (χ1n) is 12.0. The van der Waals surface area contributed by atoms with Crippen LogP contribution in [0.15, 0.2) is 71.6 Å². The Balaban J connectivity index is 1.46. The molecule has 4 N–H and O–H groups in total. The van der Waals surface area contributed by atoms with Crippen molar-refractivity contribution in [3.8, 4) is 0 Å². The van der Waals surface area contributed by atoms with E-state index in [1.807, 2.05) is 73.6 Å². The van der Waals surface area contributed by atoms with Gasteiger partial charge in [0.1, 0.15) is 6.04 Å². The van der Waals surface area contributed by atoms with Gasteiger partial charge in [-0.3, -0.25) is 9.59 Å². The van der Waals surface area contributed by atoms with Crippen LogP contribution in [-0.4, -0.2) is 46.9 Å². The third kappa shape index (κ3) is 7.29. The molecule has 0 saturated heterocycles. The summed E-state index contributed by atoms with van der Waals surface area (Å²) < 4.78 is 28.6. The van der Waals surface area contributed by atoms with E-state index in [1.165, 1.54) is 0 Å². The van der Waals surface area contributed by atoms with Crippen LogP contribution in [0.4, 0.5) is 5.69 Å². The van der Waals surface area contributed by atoms with Crippen molar-refractivity contribution >= 4 is 38.3 Å². The third-order valence-corrected chi connectivity index (χ3v) is 7.48. The quantitative estimate of drug-likeness (QED) is 0.305. The molecule has 9 heteroatoms. The van der Waals surface area contributed by atoms with Crippen LogP contribution in [0.1, 0.15) is 31.2 Å². The second-order valence-electron chi connectivity index (χ2n) is 8.94. The number of fused-ring (bicyclic) bond motifs is 1. The highest BCUT2D eigenvalue weighted by atomic mass is 32.2. The molecule has 0 aliphatic carbocycles. The average Bonchev–Trinajstić information content (AvgIpc) is 2.85. The number of unbranched alkanes of at least 4 members (excludes halogenated alkanes) is 2. The second kappa shape index (κ2) is 12.5. The molecule has 0 bridgehead atoms. The minimum Gasteiger partial charge on any atom is -0.377 e. The molecule has 192 valence electrons. The summed E-state index contributed by atoms with van der Waals surface area (Å²) in [5.74, 6) is -0.824. The summed E-state index contributed by atoms with van der Waals surface area (Å²) in [6.45, 7) is 0.269. The number of carbonyl (C=O) groups is 2. The molecule has 0 heterocycles. The molecule has 0 saturated carbocycles. The number of nitrogens with two attached hydrogens (primary N) is 1. The maximum atomic E-state index is 13.0. The lowest BCUT2D eigenvalue weighted by Crippen LogP contribution is -2.45. The molecule has 0 aliphatic heterocycles. The van der Waals surface area contributed by atoms with E-state index in [0.717, 1.165) is 16.6 Å². The summed E-state index contributed by atoms with van der Waals surface area (Å²) in [6.07, 6.45) is 2.40. The number of hydrogen-bond acceptors (Lipinski definition) is 5. The Morgan fingerprint density at radius 1 is 0.889 bits per heavy atom. The number of nitrogens with zero attached hydrogens (tertiary/aromatic N) is 1. The Labute approximate surface area is 212 Å². The van der Waals surface area contributed by atoms with Gasteiger partial charge in [0.25, 0.3) is 0 Å². The van der Waals surface area contributed by atoms with Crippen LogP contribution >= 0.6 is 0 Å². The molecule has 8 nitrogen and oxygen atoms in total. The first-order valence-corrected chi connectivity index (χ1v) is 13.5. The molecule has 0 aromatic heterocycles. The largest absolute Gasteiger partial charge is 0.377 e. The number of sulfonamides is 1. The highest BCUT2D eigenvalue weighted by Gasteiger charge is 2.19. The van der Waals surface area contributed by atoms with E-state index in [4.69, 9.17) is 5.73 Å². The van der Waals surface area contributed by atoms with Crippen molar-refractivity contribution in [3.63, 3.8) is 0 Å². The van der Waals surface area contributed by atoms with Gasteiger partial charge < -0.3 is 16.0 Å². The van der Waals surface area contributed by atoms with Gasteiger partial charge in [-0.25, -0.2) is 13.1 Å². The first kappa shape index (κ1) is 27.2. The summed E-state index contributed by atoms with van der Waals surface area (Å²) in [5.41, 5.74) is 7.32. The number of carbonyl (C=O) groups excluding carboxylic acids is 2. The lowest BCUT2D eigenvalue weighted by molar-refractivity contribution is -0.127. The lowest BCUT2D eigenvalue weighted by atomic mass is 10.1. The maximum absolute atomic E-state index is 13.0. The predicted octanol–water partition coefficient (Wildman–Crippen LogP) is 2.96. The Morgan fingerprint density at radius 2 is 1.58 bits per heavy atom. The van der Waals surface area contributed by atoms with Gasteiger partial charge in [0, 0.05) is 49.9 Å². The van der Waals surface area contributed by atoms with Crippen LogP contribution in [0.5, 0.6) is 0 Å². The SMILES string of the molecule is CN(C)c1cccc2c(S(=O)(=O)NCCCCCC(=O)N[C@H](Cc3ccccc3)C(N)=O)cccc12. The standard InChI is InChI=1S/C27H34N4O4S/c1-31(2)24-15-9-14-22-21(24)13-10-16-25(22)36(34,35)29-18-8-4-7-17-26(32)30-23(27(28)33)19-20-11-5-3-6-12-20/h3,5-6,9-16,23,29H,4,7-8,17-19H2,1-2H3,(H2,28,33)(H,30,32)/t23-/m1/s1. The number of amides is 2. The van der Waals surface area contributed by atoms with Gasteiger partial charge in [-0.15, -0.1) is 0 Å². The van der Waals surface area contributed by atoms with Crippen molar-refractivity contribution in [1.82, 2.24) is 10.0 Å². The van der Waals surface area contributed by atoms with E-state index in [2.05, 4.69) is 10.0 Å². The van der Waals surface area contributed by atoms with Crippen LogP contribution in [0.2, 0.25) is 0 Å². The van der Waals surface area contributed by atoms with Crippen molar-refractivity contribution in [2.75, 3.05) is 25.5 Å². The second-order valence-corrected chi connectivity index (χ2v) is 10.7. The van der Waals surface area contributed by atoms with Gasteiger partial charge in [-0.05, 0) is 30.5 Å². The van der Waals surface area contributed by atoms with Gasteiger partial charge >= 0.3 is 0 Å². The van der Waals surface area contributed by atoms with Crippen LogP contribution in [-0.2, 0) is 26.0 Å². The minimum atomic E-state index is -3.69. The average molecular weight is 511 g/mol. The molecular weight excluding hydrogens is 476 g/mol. The number of hydrogen-bond donors (Lipinski definition) is 3. The van der Waals surface area contributed by atoms with E-state index in [-0.39, 0.29) is 23.8 Å². The molecule has 3 aromatic rings. The van der Waals surface area contributed by atoms with Crippen LogP contribution in [0.25, 0.3) is 10.8 Å². The highest BCUT2D eigenvalue weighted by Crippen LogP contribution is 2.30. The maximum Gasteiger partial charge on any atom is 0.241 e. The number of rotatable bonds is 13. The molecule has 2 amide bonds. The fraction of sp³-hybridized carbons (Fsp3) is 0.333. The van der Waals surface area contributed by atoms with Gasteiger partial charge in [0.15, 0.2) is 0 Å². The zero-order chi connectivity index (χ0) is 26.1. The highest BCUT2D eigenvalue weighted by molar-refractivity contribution is 7.89. The van der Waals surface area contributed by atoms with Gasteiger partial charge in [0.05, 0.1) is 4.90 Å². The summed E-state index contributed by atoms with van der Waals surface area (Å²) in [6, 6.07) is 19.5. The van der Waals surface area contributed by atoms with Crippen molar-refractivity contribution in [1.29, 1.82) is 0 Å². The van der Waals surface area contributed by atoms with E-state index in [0.29, 0.717) is 31.1 Å². The summed E-state index contributed by atoms with van der Waals surface area (Å²) in [5, 5.41) is 4.25. The minimum absolute atomic E-state index is 0.238. The Morgan fingerprint density at radius 3 is 2.28 bits per heavy atom. The molecule has 0 radical (unpaired) electrons. The zero-order valence-corrected chi connectivity index (χ0v) is 21.6. The van der Waals surface area contributed by atoms with Gasteiger partial charge in [-0.2, -0.15) is 0 Å². The zero-order valence-electron chi connectivity index (χ0n) is 20.7. The van der Waals surface area contributed by atoms with Crippen molar-refractivity contribution in [3.05, 3.63) is 72.3 Å². The topological polar surface area (TPSA) is 122 Å². The third-order valence-electron chi connectivity index (χ3n) is 5.96. The predicted molar refractivity (Wildman–Crippen MR) is 143 cm³/mol. The number of primary amides is 1. The Kier molecular flexibility index (Phi) is 9.44. The molecule has 0 spiro atoms. The smallest absolute Gasteiger partial charge is 0.241 e. The summed E-state index contributed by atoms with van der Waals surface area (Å²) in [7, 11) is 0.158. The van der Waals surface area contributed by atoms with Crippen molar-refractivity contribution < 1.29 is 18.0 Å². The van der Waals surface area contributed by atoms with Crippen LogP contribution < -0.4 is 20.7 Å². The number of anilines is 1. The first-order chi connectivity index (χ1) is 17.2. The summed E-state index contributed by atoms with van der Waals surface area (Å²) >= 11 is 0. The Bertz CT molecular complexity index is 1290. The molecule has 0 aliphatic rings.